The number of nitrogens with zero attached hydrogens (tertiary/aromatic N) is 1. The van der Waals surface area contributed by atoms with E-state index < -0.39 is 5.41 Å². The first kappa shape index (κ1) is 31.4. The zero-order valence-corrected chi connectivity index (χ0v) is 30.1. The second kappa shape index (κ2) is 12.5. The van der Waals surface area contributed by atoms with E-state index in [1.54, 1.807) is 0 Å². The van der Waals surface area contributed by atoms with Gasteiger partial charge < -0.3 is 9.64 Å². The average Bonchev–Trinajstić information content (AvgIpc) is 3.54. The molecule has 1 unspecified atom stereocenters. The number of para-hydroxylation sites is 2. The Morgan fingerprint density at radius 3 is 1.65 bits per heavy atom. The molecule has 0 N–H and O–H groups in total. The van der Waals surface area contributed by atoms with Crippen LogP contribution in [0.1, 0.15) is 22.3 Å². The number of anilines is 3. The number of hydrogen-bond donors (Lipinski definition) is 0. The van der Waals surface area contributed by atoms with Crippen LogP contribution in [0.3, 0.4) is 0 Å². The SMILES string of the molecule is c1ccc(-c2ccc(N(c3ccccc3)c3ccc(-c4ccc5c(c4)C4(c6ccccc6Oc6ccc7ccccc7c64)c4ccccc4-5)cc3)cc2)cc1. The third-order valence-corrected chi connectivity index (χ3v) is 11.5. The van der Waals surface area contributed by atoms with Crippen molar-refractivity contribution in [1.82, 2.24) is 0 Å². The molecule has 1 heterocycles. The molecule has 1 atom stereocenters. The first-order chi connectivity index (χ1) is 27.3. The van der Waals surface area contributed by atoms with Crippen molar-refractivity contribution in [2.45, 2.75) is 5.41 Å². The Labute approximate surface area is 321 Å². The van der Waals surface area contributed by atoms with Gasteiger partial charge in [-0.15, -0.1) is 0 Å². The molecule has 0 saturated heterocycles. The summed E-state index contributed by atoms with van der Waals surface area (Å²) in [5.41, 5.74) is 15.0. The normalized spacial score (nSPS) is 14.8. The molecule has 1 aliphatic carbocycles. The molecule has 9 aromatic carbocycles. The van der Waals surface area contributed by atoms with Crippen LogP contribution >= 0.6 is 0 Å². The molecule has 0 bridgehead atoms. The van der Waals surface area contributed by atoms with Gasteiger partial charge in [0.05, 0.1) is 5.41 Å². The summed E-state index contributed by atoms with van der Waals surface area (Å²) in [6, 6.07) is 76.7. The predicted octanol–water partition coefficient (Wildman–Crippen LogP) is 14.1. The third-order valence-electron chi connectivity index (χ3n) is 11.5. The molecular formula is C53H35NO. The Balaban J connectivity index is 1.06. The summed E-state index contributed by atoms with van der Waals surface area (Å²) in [7, 11) is 0. The van der Waals surface area contributed by atoms with E-state index in [-0.39, 0.29) is 0 Å². The minimum Gasteiger partial charge on any atom is -0.457 e. The lowest BCUT2D eigenvalue weighted by atomic mass is 9.64. The van der Waals surface area contributed by atoms with Crippen molar-refractivity contribution in [3.05, 3.63) is 235 Å². The summed E-state index contributed by atoms with van der Waals surface area (Å²) >= 11 is 0. The molecule has 2 nitrogen and oxygen atoms in total. The Hall–Kier alpha value is -7.16. The van der Waals surface area contributed by atoms with Gasteiger partial charge in [0, 0.05) is 28.2 Å². The van der Waals surface area contributed by atoms with Gasteiger partial charge >= 0.3 is 0 Å². The van der Waals surface area contributed by atoms with Crippen LogP contribution in [-0.2, 0) is 5.41 Å². The van der Waals surface area contributed by atoms with Crippen molar-refractivity contribution in [2.75, 3.05) is 4.90 Å². The van der Waals surface area contributed by atoms with Crippen molar-refractivity contribution < 1.29 is 4.74 Å². The van der Waals surface area contributed by atoms with E-state index in [1.807, 2.05) is 0 Å². The van der Waals surface area contributed by atoms with Crippen molar-refractivity contribution >= 4 is 27.8 Å². The molecule has 0 radical (unpaired) electrons. The Morgan fingerprint density at radius 1 is 0.345 bits per heavy atom. The fourth-order valence-corrected chi connectivity index (χ4v) is 9.12. The van der Waals surface area contributed by atoms with Gasteiger partial charge in [-0.2, -0.15) is 0 Å². The quantitative estimate of drug-likeness (QED) is 0.177. The van der Waals surface area contributed by atoms with E-state index >= 15 is 0 Å². The van der Waals surface area contributed by atoms with Gasteiger partial charge in [-0.1, -0.05) is 158 Å². The van der Waals surface area contributed by atoms with Crippen LogP contribution < -0.4 is 9.64 Å². The summed E-state index contributed by atoms with van der Waals surface area (Å²) < 4.78 is 6.75. The topological polar surface area (TPSA) is 12.5 Å². The molecule has 9 aromatic rings. The zero-order chi connectivity index (χ0) is 36.3. The average molecular weight is 702 g/mol. The molecule has 2 heteroatoms. The van der Waals surface area contributed by atoms with Gasteiger partial charge in [-0.3, -0.25) is 0 Å². The van der Waals surface area contributed by atoms with Crippen LogP contribution in [0.25, 0.3) is 44.2 Å². The maximum absolute atomic E-state index is 6.75. The van der Waals surface area contributed by atoms with E-state index in [0.29, 0.717) is 0 Å². The van der Waals surface area contributed by atoms with Crippen LogP contribution in [0.5, 0.6) is 11.5 Å². The molecule has 2 aliphatic rings. The van der Waals surface area contributed by atoms with Crippen LogP contribution in [0.4, 0.5) is 17.1 Å². The number of fused-ring (bicyclic) bond motifs is 11. The summed E-state index contributed by atoms with van der Waals surface area (Å²) in [4.78, 5) is 2.33. The fourth-order valence-electron chi connectivity index (χ4n) is 9.12. The molecule has 0 fully saturated rings. The molecule has 55 heavy (non-hydrogen) atoms. The Bertz CT molecular complexity index is 2880. The lowest BCUT2D eigenvalue weighted by Gasteiger charge is -2.40. The fraction of sp³-hybridized carbons (Fsp3) is 0.0189. The van der Waals surface area contributed by atoms with Crippen LogP contribution in [0, 0.1) is 0 Å². The van der Waals surface area contributed by atoms with Gasteiger partial charge in [-0.05, 0) is 110 Å². The second-order valence-electron chi connectivity index (χ2n) is 14.4. The molecule has 1 aliphatic heterocycles. The predicted molar refractivity (Wildman–Crippen MR) is 227 cm³/mol. The molecule has 0 amide bonds. The van der Waals surface area contributed by atoms with Crippen molar-refractivity contribution in [1.29, 1.82) is 0 Å². The van der Waals surface area contributed by atoms with E-state index in [0.717, 1.165) is 28.6 Å². The highest BCUT2D eigenvalue weighted by Crippen LogP contribution is 2.63. The van der Waals surface area contributed by atoms with Gasteiger partial charge in [0.2, 0.25) is 0 Å². The zero-order valence-electron chi connectivity index (χ0n) is 30.1. The largest absolute Gasteiger partial charge is 0.457 e. The monoisotopic (exact) mass is 701 g/mol. The lowest BCUT2D eigenvalue weighted by molar-refractivity contribution is 0.438. The maximum atomic E-state index is 6.75. The highest BCUT2D eigenvalue weighted by atomic mass is 16.5. The maximum Gasteiger partial charge on any atom is 0.132 e. The number of benzene rings is 9. The first-order valence-electron chi connectivity index (χ1n) is 18.9. The number of ether oxygens (including phenoxy) is 1. The van der Waals surface area contributed by atoms with Crippen LogP contribution in [-0.4, -0.2) is 0 Å². The summed E-state index contributed by atoms with van der Waals surface area (Å²) in [5, 5.41) is 2.42. The third kappa shape index (κ3) is 4.82. The van der Waals surface area contributed by atoms with Crippen molar-refractivity contribution in [3.8, 4) is 44.9 Å². The van der Waals surface area contributed by atoms with Crippen LogP contribution in [0.15, 0.2) is 212 Å². The minimum atomic E-state index is -0.553. The Morgan fingerprint density at radius 2 is 0.891 bits per heavy atom. The highest BCUT2D eigenvalue weighted by Gasteiger charge is 2.51. The van der Waals surface area contributed by atoms with E-state index in [1.165, 1.54) is 66.4 Å². The van der Waals surface area contributed by atoms with E-state index in [4.69, 9.17) is 4.74 Å². The molecular weight excluding hydrogens is 667 g/mol. The molecule has 258 valence electrons. The second-order valence-corrected chi connectivity index (χ2v) is 14.4. The summed E-state index contributed by atoms with van der Waals surface area (Å²) in [5.74, 6) is 1.81. The van der Waals surface area contributed by atoms with Gasteiger partial charge in [0.25, 0.3) is 0 Å². The van der Waals surface area contributed by atoms with Crippen LogP contribution in [0.2, 0.25) is 0 Å². The smallest absolute Gasteiger partial charge is 0.132 e. The summed E-state index contributed by atoms with van der Waals surface area (Å²) in [6.07, 6.45) is 0. The number of hydrogen-bond acceptors (Lipinski definition) is 2. The standard InChI is InChI=1S/C53H35NO/c1-3-13-36(14-4-1)37-23-29-42(30-24-37)54(41-16-5-2-6-17-41)43-31-25-38(26-32-43)40-27-33-46-45-19-9-10-20-47(45)53(49(46)35-40)48-21-11-12-22-50(48)55-51-34-28-39-15-7-8-18-44(39)52(51)53/h1-35H. The van der Waals surface area contributed by atoms with E-state index in [2.05, 4.69) is 217 Å². The first-order valence-corrected chi connectivity index (χ1v) is 18.9. The molecule has 0 saturated carbocycles. The van der Waals surface area contributed by atoms with Crippen molar-refractivity contribution in [3.63, 3.8) is 0 Å². The van der Waals surface area contributed by atoms with E-state index in [9.17, 15) is 0 Å². The van der Waals surface area contributed by atoms with Gasteiger partial charge in [0.15, 0.2) is 0 Å². The van der Waals surface area contributed by atoms with Crippen molar-refractivity contribution in [2.24, 2.45) is 0 Å². The van der Waals surface area contributed by atoms with Gasteiger partial charge in [-0.25, -0.2) is 0 Å². The molecule has 11 rings (SSSR count). The lowest BCUT2D eigenvalue weighted by Crippen LogP contribution is -2.32. The Kier molecular flexibility index (Phi) is 7.11. The molecule has 0 aromatic heterocycles. The minimum absolute atomic E-state index is 0.553. The summed E-state index contributed by atoms with van der Waals surface area (Å²) in [6.45, 7) is 0. The highest BCUT2D eigenvalue weighted by molar-refractivity contribution is 5.98. The molecule has 1 spiro atoms. The van der Waals surface area contributed by atoms with Gasteiger partial charge in [0.1, 0.15) is 11.5 Å². The number of rotatable bonds is 5.